The topological polar surface area (TPSA) is 38.8 Å². The van der Waals surface area contributed by atoms with Crippen molar-refractivity contribution in [2.45, 2.75) is 66.0 Å². The van der Waals surface area contributed by atoms with E-state index in [1.54, 1.807) is 31.2 Å². The van der Waals surface area contributed by atoms with Crippen LogP contribution in [0.2, 0.25) is 0 Å². The number of hydrogen-bond acceptors (Lipinski definition) is 4. The Hall–Kier alpha value is -2.40. The molecule has 1 aliphatic rings. The Balaban J connectivity index is 2.05. The highest BCUT2D eigenvalue weighted by atomic mass is 19.1. The predicted molar refractivity (Wildman–Crippen MR) is 117 cm³/mol. The summed E-state index contributed by atoms with van der Waals surface area (Å²) in [6.07, 6.45) is 2.48. The number of rotatable bonds is 6. The number of carbonyl (C=O) groups excluding carboxylic acids is 1. The van der Waals surface area contributed by atoms with Crippen molar-refractivity contribution < 1.29 is 18.7 Å². The summed E-state index contributed by atoms with van der Waals surface area (Å²) in [6, 6.07) is 8.86. The molecule has 30 heavy (non-hydrogen) atoms. The van der Waals surface area contributed by atoms with Gasteiger partial charge in [0.05, 0.1) is 6.61 Å². The normalized spacial score (nSPS) is 14.3. The van der Waals surface area contributed by atoms with E-state index >= 15 is 4.39 Å². The third kappa shape index (κ3) is 4.67. The summed E-state index contributed by atoms with van der Waals surface area (Å²) >= 11 is 0. The smallest absolute Gasteiger partial charge is 0.347 e. The zero-order chi connectivity index (χ0) is 21.9. The third-order valence-corrected chi connectivity index (χ3v) is 5.67. The van der Waals surface area contributed by atoms with Gasteiger partial charge < -0.3 is 9.47 Å². The quantitative estimate of drug-likeness (QED) is 0.346. The van der Waals surface area contributed by atoms with Crippen molar-refractivity contribution in [3.63, 3.8) is 0 Å². The van der Waals surface area contributed by atoms with Crippen LogP contribution in [0.3, 0.4) is 0 Å². The van der Waals surface area contributed by atoms with Crippen molar-refractivity contribution in [1.29, 1.82) is 0 Å². The Morgan fingerprint density at radius 2 is 1.87 bits per heavy atom. The minimum atomic E-state index is -0.579. The van der Waals surface area contributed by atoms with Gasteiger partial charge in [-0.15, -0.1) is 0 Å². The predicted octanol–water partition coefficient (Wildman–Crippen LogP) is 5.69. The monoisotopic (exact) mass is 413 g/mol. The van der Waals surface area contributed by atoms with E-state index in [4.69, 9.17) is 9.47 Å². The molecule has 0 bridgehead atoms. The number of nitrogens with zero attached hydrogens (tertiary/aromatic N) is 1. The number of benzene rings is 2. The van der Waals surface area contributed by atoms with Crippen LogP contribution in [-0.2, 0) is 13.0 Å². The second-order valence-electron chi connectivity index (χ2n) is 8.85. The molecule has 1 heterocycles. The van der Waals surface area contributed by atoms with Gasteiger partial charge in [-0.25, -0.2) is 9.18 Å². The van der Waals surface area contributed by atoms with Gasteiger partial charge in [0.1, 0.15) is 22.9 Å². The van der Waals surface area contributed by atoms with Gasteiger partial charge >= 0.3 is 5.97 Å². The van der Waals surface area contributed by atoms with E-state index in [9.17, 15) is 4.79 Å². The molecule has 0 spiro atoms. The Kier molecular flexibility index (Phi) is 6.81. The van der Waals surface area contributed by atoms with Gasteiger partial charge in [0.15, 0.2) is 0 Å². The van der Waals surface area contributed by atoms with E-state index in [1.807, 2.05) is 6.07 Å². The average molecular weight is 414 g/mol. The number of esters is 1. The fourth-order valence-electron chi connectivity index (χ4n) is 3.82. The van der Waals surface area contributed by atoms with Crippen molar-refractivity contribution in [1.82, 2.24) is 4.90 Å². The highest BCUT2D eigenvalue weighted by Gasteiger charge is 2.34. The van der Waals surface area contributed by atoms with Crippen LogP contribution < -0.4 is 9.47 Å². The molecule has 1 aliphatic heterocycles. The van der Waals surface area contributed by atoms with Crippen molar-refractivity contribution >= 4 is 5.97 Å². The van der Waals surface area contributed by atoms with Crippen LogP contribution in [0.15, 0.2) is 30.3 Å². The molecule has 3 rings (SSSR count). The molecule has 0 saturated heterocycles. The first-order valence-electron chi connectivity index (χ1n) is 10.7. The van der Waals surface area contributed by atoms with Crippen molar-refractivity contribution in [2.75, 3.05) is 13.2 Å². The van der Waals surface area contributed by atoms with Crippen LogP contribution in [-0.4, -0.2) is 29.6 Å². The Bertz CT molecular complexity index is 903. The van der Waals surface area contributed by atoms with Crippen LogP contribution in [0.4, 0.5) is 4.39 Å². The fraction of sp³-hybridized carbons (Fsp3) is 0.480. The lowest BCUT2D eigenvalue weighted by atomic mass is 9.89. The summed E-state index contributed by atoms with van der Waals surface area (Å²) in [5.74, 6) is 0.0113. The van der Waals surface area contributed by atoms with Crippen LogP contribution >= 0.6 is 0 Å². The molecule has 0 unspecified atom stereocenters. The van der Waals surface area contributed by atoms with Gasteiger partial charge in [0.25, 0.3) is 0 Å². The van der Waals surface area contributed by atoms with Crippen molar-refractivity contribution in [2.24, 2.45) is 0 Å². The lowest BCUT2D eigenvalue weighted by Gasteiger charge is -2.40. The molecule has 2 aromatic carbocycles. The van der Waals surface area contributed by atoms with Crippen LogP contribution in [0, 0.1) is 12.7 Å². The summed E-state index contributed by atoms with van der Waals surface area (Å²) in [5.41, 5.74) is 1.87. The van der Waals surface area contributed by atoms with Crippen LogP contribution in [0.1, 0.15) is 67.6 Å². The SMILES string of the molecule is CCCCOc1c2c(c(F)c(C)c1C(=O)Oc1ccccc1)CN(C(C)(C)C)CC2. The molecule has 0 aliphatic carbocycles. The first-order valence-corrected chi connectivity index (χ1v) is 10.7. The van der Waals surface area contributed by atoms with Gasteiger partial charge in [-0.3, -0.25) is 4.90 Å². The van der Waals surface area contributed by atoms with E-state index < -0.39 is 5.97 Å². The molecule has 0 fully saturated rings. The van der Waals surface area contributed by atoms with Gasteiger partial charge in [-0.1, -0.05) is 31.5 Å². The third-order valence-electron chi connectivity index (χ3n) is 5.67. The molecular formula is C25H32FNO3. The minimum Gasteiger partial charge on any atom is -0.492 e. The van der Waals surface area contributed by atoms with E-state index in [0.29, 0.717) is 36.6 Å². The molecule has 0 aromatic heterocycles. The largest absolute Gasteiger partial charge is 0.492 e. The summed E-state index contributed by atoms with van der Waals surface area (Å²) in [6.45, 7) is 11.9. The summed E-state index contributed by atoms with van der Waals surface area (Å²) < 4.78 is 27.1. The average Bonchev–Trinajstić information content (AvgIpc) is 2.71. The van der Waals surface area contributed by atoms with Gasteiger partial charge in [0.2, 0.25) is 0 Å². The van der Waals surface area contributed by atoms with Crippen molar-refractivity contribution in [3.05, 3.63) is 58.4 Å². The molecule has 0 radical (unpaired) electrons. The Labute approximate surface area is 179 Å². The Morgan fingerprint density at radius 3 is 2.50 bits per heavy atom. The molecule has 0 atom stereocenters. The van der Waals surface area contributed by atoms with Gasteiger partial charge in [-0.05, 0) is 52.7 Å². The maximum absolute atomic E-state index is 15.5. The first-order chi connectivity index (χ1) is 14.2. The van der Waals surface area contributed by atoms with E-state index in [0.717, 1.165) is 24.9 Å². The Morgan fingerprint density at radius 1 is 1.17 bits per heavy atom. The zero-order valence-corrected chi connectivity index (χ0v) is 18.7. The molecule has 5 heteroatoms. The van der Waals surface area contributed by atoms with Crippen LogP contribution in [0.5, 0.6) is 11.5 Å². The summed E-state index contributed by atoms with van der Waals surface area (Å²) in [5, 5.41) is 0. The number of halogens is 1. The molecule has 0 N–H and O–H groups in total. The van der Waals surface area contributed by atoms with E-state index in [2.05, 4.69) is 32.6 Å². The van der Waals surface area contributed by atoms with E-state index in [-0.39, 0.29) is 22.5 Å². The van der Waals surface area contributed by atoms with Crippen LogP contribution in [0.25, 0.3) is 0 Å². The molecule has 4 nitrogen and oxygen atoms in total. The fourth-order valence-corrected chi connectivity index (χ4v) is 3.82. The van der Waals surface area contributed by atoms with Gasteiger partial charge in [0, 0.05) is 35.3 Å². The second kappa shape index (κ2) is 9.17. The zero-order valence-electron chi connectivity index (χ0n) is 18.7. The number of hydrogen-bond donors (Lipinski definition) is 0. The number of para-hydroxylation sites is 1. The molecule has 0 saturated carbocycles. The maximum atomic E-state index is 15.5. The lowest BCUT2D eigenvalue weighted by molar-refractivity contribution is 0.0726. The lowest BCUT2D eigenvalue weighted by Crippen LogP contribution is -2.44. The van der Waals surface area contributed by atoms with Crippen molar-refractivity contribution in [3.8, 4) is 11.5 Å². The number of carbonyl (C=O) groups is 1. The molecule has 0 amide bonds. The maximum Gasteiger partial charge on any atom is 0.347 e. The minimum absolute atomic E-state index is 0.0633. The first kappa shape index (κ1) is 22.3. The molecule has 162 valence electrons. The summed E-state index contributed by atoms with van der Waals surface area (Å²) in [4.78, 5) is 15.3. The standard InChI is InChI=1S/C25H32FNO3/c1-6-7-15-29-23-19-13-14-27(25(3,4)5)16-20(19)22(26)17(2)21(23)24(28)30-18-11-9-8-10-12-18/h8-12H,6-7,13-16H2,1-5H3. The van der Waals surface area contributed by atoms with E-state index in [1.165, 1.54) is 0 Å². The highest BCUT2D eigenvalue weighted by molar-refractivity contribution is 5.96. The number of fused-ring (bicyclic) bond motifs is 1. The molecule has 2 aromatic rings. The summed E-state index contributed by atoms with van der Waals surface area (Å²) in [7, 11) is 0. The number of unbranched alkanes of at least 4 members (excludes halogenated alkanes) is 1. The number of ether oxygens (including phenoxy) is 2. The second-order valence-corrected chi connectivity index (χ2v) is 8.85. The van der Waals surface area contributed by atoms with Gasteiger partial charge in [-0.2, -0.15) is 0 Å². The highest BCUT2D eigenvalue weighted by Crippen LogP contribution is 2.38. The molecular weight excluding hydrogens is 381 g/mol.